The molecular formula is C17H19N3. The van der Waals surface area contributed by atoms with Crippen molar-refractivity contribution < 1.29 is 0 Å². The Kier molecular flexibility index (Phi) is 3.50. The van der Waals surface area contributed by atoms with Crippen LogP contribution in [0.1, 0.15) is 30.6 Å². The van der Waals surface area contributed by atoms with Crippen molar-refractivity contribution in [3.05, 3.63) is 59.7 Å². The lowest BCUT2D eigenvalue weighted by atomic mass is 10.2. The SMILES string of the molecule is CCCc1nc2ccccc2n1Cc1cccc(C)n1. The van der Waals surface area contributed by atoms with E-state index in [4.69, 9.17) is 4.98 Å². The minimum absolute atomic E-state index is 0.789. The number of para-hydroxylation sites is 2. The minimum atomic E-state index is 0.789. The molecule has 0 fully saturated rings. The molecule has 3 heteroatoms. The van der Waals surface area contributed by atoms with Crippen LogP contribution in [0.3, 0.4) is 0 Å². The van der Waals surface area contributed by atoms with Gasteiger partial charge in [0.25, 0.3) is 0 Å². The first-order valence-corrected chi connectivity index (χ1v) is 7.14. The third kappa shape index (κ3) is 2.44. The smallest absolute Gasteiger partial charge is 0.110 e. The molecule has 0 saturated heterocycles. The van der Waals surface area contributed by atoms with Gasteiger partial charge in [0.1, 0.15) is 5.82 Å². The summed E-state index contributed by atoms with van der Waals surface area (Å²) in [5.74, 6) is 1.15. The van der Waals surface area contributed by atoms with Crippen LogP contribution in [0, 0.1) is 6.92 Å². The van der Waals surface area contributed by atoms with Crippen LogP contribution >= 0.6 is 0 Å². The maximum atomic E-state index is 4.76. The lowest BCUT2D eigenvalue weighted by Crippen LogP contribution is -2.06. The number of aromatic nitrogens is 3. The Morgan fingerprint density at radius 1 is 1.00 bits per heavy atom. The first-order chi connectivity index (χ1) is 9.78. The van der Waals surface area contributed by atoms with Gasteiger partial charge in [0.2, 0.25) is 0 Å². The molecule has 20 heavy (non-hydrogen) atoms. The second-order valence-corrected chi connectivity index (χ2v) is 5.12. The Hall–Kier alpha value is -2.16. The molecular weight excluding hydrogens is 246 g/mol. The third-order valence-corrected chi connectivity index (χ3v) is 3.47. The number of fused-ring (bicyclic) bond motifs is 1. The molecule has 0 aliphatic carbocycles. The summed E-state index contributed by atoms with van der Waals surface area (Å²) in [6.45, 7) is 5.01. The topological polar surface area (TPSA) is 30.7 Å². The predicted molar refractivity (Wildman–Crippen MR) is 81.8 cm³/mol. The zero-order valence-corrected chi connectivity index (χ0v) is 12.0. The molecule has 2 heterocycles. The van der Waals surface area contributed by atoms with Gasteiger partial charge < -0.3 is 4.57 Å². The van der Waals surface area contributed by atoms with Gasteiger partial charge in [0, 0.05) is 12.1 Å². The standard InChI is InChI=1S/C17H19N3/c1-3-7-17-19-15-10-4-5-11-16(15)20(17)12-14-9-6-8-13(2)18-14/h4-6,8-11H,3,7,12H2,1-2H3. The summed E-state index contributed by atoms with van der Waals surface area (Å²) < 4.78 is 2.29. The van der Waals surface area contributed by atoms with E-state index in [1.807, 2.05) is 19.1 Å². The van der Waals surface area contributed by atoms with Gasteiger partial charge in [-0.3, -0.25) is 4.98 Å². The molecule has 1 aromatic carbocycles. The van der Waals surface area contributed by atoms with E-state index in [1.54, 1.807) is 0 Å². The van der Waals surface area contributed by atoms with Crippen LogP contribution in [0.15, 0.2) is 42.5 Å². The van der Waals surface area contributed by atoms with E-state index < -0.39 is 0 Å². The molecule has 102 valence electrons. The fraction of sp³-hybridized carbons (Fsp3) is 0.294. The molecule has 0 unspecified atom stereocenters. The summed E-state index contributed by atoms with van der Waals surface area (Å²) in [4.78, 5) is 9.36. The second-order valence-electron chi connectivity index (χ2n) is 5.12. The Labute approximate surface area is 119 Å². The molecule has 0 N–H and O–H groups in total. The van der Waals surface area contributed by atoms with Crippen molar-refractivity contribution in [2.45, 2.75) is 33.2 Å². The average molecular weight is 265 g/mol. The van der Waals surface area contributed by atoms with Crippen LogP contribution in [0.2, 0.25) is 0 Å². The van der Waals surface area contributed by atoms with E-state index in [0.717, 1.165) is 42.1 Å². The second kappa shape index (κ2) is 5.45. The summed E-state index contributed by atoms with van der Waals surface area (Å²) in [6, 6.07) is 14.5. The monoisotopic (exact) mass is 265 g/mol. The Bertz CT molecular complexity index is 728. The van der Waals surface area contributed by atoms with E-state index in [0.29, 0.717) is 0 Å². The molecule has 2 aromatic heterocycles. The lowest BCUT2D eigenvalue weighted by molar-refractivity contribution is 0.708. The summed E-state index contributed by atoms with van der Waals surface area (Å²) in [5.41, 5.74) is 4.41. The van der Waals surface area contributed by atoms with Gasteiger partial charge in [-0.2, -0.15) is 0 Å². The number of pyridine rings is 1. The summed E-state index contributed by atoms with van der Waals surface area (Å²) in [7, 11) is 0. The first kappa shape index (κ1) is 12.9. The fourth-order valence-corrected chi connectivity index (χ4v) is 2.57. The quantitative estimate of drug-likeness (QED) is 0.719. The van der Waals surface area contributed by atoms with Crippen molar-refractivity contribution in [3.63, 3.8) is 0 Å². The van der Waals surface area contributed by atoms with Crippen molar-refractivity contribution in [1.82, 2.24) is 14.5 Å². The van der Waals surface area contributed by atoms with Crippen LogP contribution in [0.4, 0.5) is 0 Å². The molecule has 3 aromatic rings. The molecule has 0 spiro atoms. The van der Waals surface area contributed by atoms with E-state index >= 15 is 0 Å². The highest BCUT2D eigenvalue weighted by Gasteiger charge is 2.10. The first-order valence-electron chi connectivity index (χ1n) is 7.14. The molecule has 3 nitrogen and oxygen atoms in total. The molecule has 0 amide bonds. The normalized spacial score (nSPS) is 11.1. The Morgan fingerprint density at radius 3 is 2.65 bits per heavy atom. The molecule has 0 aliphatic rings. The Balaban J connectivity index is 2.06. The van der Waals surface area contributed by atoms with Crippen molar-refractivity contribution >= 4 is 11.0 Å². The lowest BCUT2D eigenvalue weighted by Gasteiger charge is -2.08. The van der Waals surface area contributed by atoms with Gasteiger partial charge in [-0.05, 0) is 37.6 Å². The predicted octanol–water partition coefficient (Wildman–Crippen LogP) is 3.74. The van der Waals surface area contributed by atoms with Gasteiger partial charge in [-0.25, -0.2) is 4.98 Å². The van der Waals surface area contributed by atoms with Crippen molar-refractivity contribution in [2.24, 2.45) is 0 Å². The van der Waals surface area contributed by atoms with Gasteiger partial charge in [-0.15, -0.1) is 0 Å². The molecule has 0 aliphatic heterocycles. The summed E-state index contributed by atoms with van der Waals surface area (Å²) in [5, 5.41) is 0. The highest BCUT2D eigenvalue weighted by molar-refractivity contribution is 5.76. The van der Waals surface area contributed by atoms with Crippen LogP contribution < -0.4 is 0 Å². The van der Waals surface area contributed by atoms with Crippen LogP contribution in [-0.2, 0) is 13.0 Å². The van der Waals surface area contributed by atoms with Gasteiger partial charge >= 0.3 is 0 Å². The maximum Gasteiger partial charge on any atom is 0.110 e. The highest BCUT2D eigenvalue weighted by atomic mass is 15.1. The third-order valence-electron chi connectivity index (χ3n) is 3.47. The largest absolute Gasteiger partial charge is 0.322 e. The number of hydrogen-bond donors (Lipinski definition) is 0. The zero-order valence-electron chi connectivity index (χ0n) is 12.0. The number of benzene rings is 1. The number of imidazole rings is 1. The van der Waals surface area contributed by atoms with E-state index in [1.165, 1.54) is 5.52 Å². The molecule has 0 bridgehead atoms. The Morgan fingerprint density at radius 2 is 1.85 bits per heavy atom. The van der Waals surface area contributed by atoms with Crippen LogP contribution in [-0.4, -0.2) is 14.5 Å². The van der Waals surface area contributed by atoms with Crippen molar-refractivity contribution in [2.75, 3.05) is 0 Å². The molecule has 0 saturated carbocycles. The average Bonchev–Trinajstić information content (AvgIpc) is 2.78. The van der Waals surface area contributed by atoms with Gasteiger partial charge in [0.05, 0.1) is 23.3 Å². The highest BCUT2D eigenvalue weighted by Crippen LogP contribution is 2.18. The van der Waals surface area contributed by atoms with Gasteiger partial charge in [-0.1, -0.05) is 25.1 Å². The number of hydrogen-bond acceptors (Lipinski definition) is 2. The maximum absolute atomic E-state index is 4.76. The van der Waals surface area contributed by atoms with Crippen molar-refractivity contribution in [1.29, 1.82) is 0 Å². The van der Waals surface area contributed by atoms with Crippen molar-refractivity contribution in [3.8, 4) is 0 Å². The zero-order chi connectivity index (χ0) is 13.9. The number of aryl methyl sites for hydroxylation is 2. The number of rotatable bonds is 4. The molecule has 0 atom stereocenters. The van der Waals surface area contributed by atoms with E-state index in [9.17, 15) is 0 Å². The van der Waals surface area contributed by atoms with E-state index in [2.05, 4.69) is 46.8 Å². The minimum Gasteiger partial charge on any atom is -0.322 e. The molecule has 0 radical (unpaired) electrons. The van der Waals surface area contributed by atoms with Gasteiger partial charge in [0.15, 0.2) is 0 Å². The summed E-state index contributed by atoms with van der Waals surface area (Å²) in [6.07, 6.45) is 2.10. The summed E-state index contributed by atoms with van der Waals surface area (Å²) >= 11 is 0. The fourth-order valence-electron chi connectivity index (χ4n) is 2.57. The van der Waals surface area contributed by atoms with Crippen LogP contribution in [0.25, 0.3) is 11.0 Å². The van der Waals surface area contributed by atoms with Crippen LogP contribution in [0.5, 0.6) is 0 Å². The number of nitrogens with zero attached hydrogens (tertiary/aromatic N) is 3. The van der Waals surface area contributed by atoms with E-state index in [-0.39, 0.29) is 0 Å². The molecule has 3 rings (SSSR count).